The number of aromatic nitrogens is 2. The maximum atomic E-state index is 5.36. The van der Waals surface area contributed by atoms with E-state index in [1.165, 1.54) is 5.01 Å². The first-order chi connectivity index (χ1) is 9.83. The van der Waals surface area contributed by atoms with Crippen LogP contribution in [0, 0.1) is 0 Å². The Morgan fingerprint density at radius 3 is 2.75 bits per heavy atom. The summed E-state index contributed by atoms with van der Waals surface area (Å²) >= 11 is 5.35. The van der Waals surface area contributed by atoms with E-state index in [0.717, 1.165) is 54.3 Å². The van der Waals surface area contributed by atoms with Crippen LogP contribution in [0.5, 0.6) is 0 Å². The van der Waals surface area contributed by atoms with Crippen LogP contribution in [0.1, 0.15) is 5.01 Å². The Bertz CT molecular complexity index is 555. The Hall–Kier alpha value is -0.820. The molecule has 3 heterocycles. The molecule has 0 saturated carbocycles. The predicted octanol–water partition coefficient (Wildman–Crippen LogP) is 2.84. The van der Waals surface area contributed by atoms with Crippen LogP contribution in [0.25, 0.3) is 11.3 Å². The summed E-state index contributed by atoms with van der Waals surface area (Å²) in [5.41, 5.74) is 2.13. The van der Waals surface area contributed by atoms with Crippen LogP contribution in [-0.2, 0) is 11.2 Å². The third kappa shape index (κ3) is 3.44. The van der Waals surface area contributed by atoms with E-state index in [1.807, 2.05) is 12.1 Å². The summed E-state index contributed by atoms with van der Waals surface area (Å²) in [6, 6.07) is 3.98. The molecule has 20 heavy (non-hydrogen) atoms. The molecule has 1 saturated heterocycles. The quantitative estimate of drug-likeness (QED) is 0.846. The van der Waals surface area contributed by atoms with Gasteiger partial charge in [0.2, 0.25) is 0 Å². The second-order valence-electron chi connectivity index (χ2n) is 4.67. The summed E-state index contributed by atoms with van der Waals surface area (Å²) < 4.78 is 6.46. The third-order valence-corrected chi connectivity index (χ3v) is 5.09. The van der Waals surface area contributed by atoms with Crippen LogP contribution in [0.2, 0.25) is 0 Å². The third-order valence-electron chi connectivity index (χ3n) is 3.33. The summed E-state index contributed by atoms with van der Waals surface area (Å²) in [6.07, 6.45) is 4.59. The second-order valence-corrected chi connectivity index (χ2v) is 7.07. The number of ether oxygens (including phenoxy) is 1. The zero-order chi connectivity index (χ0) is 13.8. The summed E-state index contributed by atoms with van der Waals surface area (Å²) in [6.45, 7) is 4.82. The highest BCUT2D eigenvalue weighted by Crippen LogP contribution is 2.32. The van der Waals surface area contributed by atoms with Crippen molar-refractivity contribution in [1.82, 2.24) is 14.9 Å². The van der Waals surface area contributed by atoms with E-state index in [4.69, 9.17) is 9.72 Å². The number of morpholine rings is 1. The minimum absolute atomic E-state index is 0.851. The van der Waals surface area contributed by atoms with Gasteiger partial charge in [0.1, 0.15) is 0 Å². The van der Waals surface area contributed by atoms with Crippen molar-refractivity contribution < 1.29 is 4.74 Å². The molecule has 0 atom stereocenters. The SMILES string of the molecule is Brc1sc(CCN2CCOCC2)nc1-c1ccncc1. The lowest BCUT2D eigenvalue weighted by atomic mass is 10.2. The largest absolute Gasteiger partial charge is 0.379 e. The average molecular weight is 354 g/mol. The standard InChI is InChI=1S/C14H16BrN3OS/c15-14-13(11-1-4-16-5-2-11)17-12(20-14)3-6-18-7-9-19-10-8-18/h1-2,4-5H,3,6-10H2. The molecule has 0 amide bonds. The van der Waals surface area contributed by atoms with Crippen molar-refractivity contribution in [2.75, 3.05) is 32.8 Å². The smallest absolute Gasteiger partial charge is 0.0979 e. The van der Waals surface area contributed by atoms with E-state index in [2.05, 4.69) is 25.8 Å². The van der Waals surface area contributed by atoms with Gasteiger partial charge in [0.25, 0.3) is 0 Å². The monoisotopic (exact) mass is 353 g/mol. The zero-order valence-corrected chi connectivity index (χ0v) is 13.5. The molecular weight excluding hydrogens is 338 g/mol. The number of hydrogen-bond donors (Lipinski definition) is 0. The van der Waals surface area contributed by atoms with Crippen molar-refractivity contribution in [3.8, 4) is 11.3 Å². The molecular formula is C14H16BrN3OS. The normalized spacial score (nSPS) is 16.4. The van der Waals surface area contributed by atoms with Crippen molar-refractivity contribution in [2.45, 2.75) is 6.42 Å². The van der Waals surface area contributed by atoms with E-state index in [9.17, 15) is 0 Å². The summed E-state index contributed by atoms with van der Waals surface area (Å²) in [7, 11) is 0. The minimum Gasteiger partial charge on any atom is -0.379 e. The Balaban J connectivity index is 1.66. The van der Waals surface area contributed by atoms with Crippen LogP contribution in [0.15, 0.2) is 28.3 Å². The number of pyridine rings is 1. The summed E-state index contributed by atoms with van der Waals surface area (Å²) in [5.74, 6) is 0. The lowest BCUT2D eigenvalue weighted by molar-refractivity contribution is 0.0384. The van der Waals surface area contributed by atoms with Crippen LogP contribution >= 0.6 is 27.3 Å². The molecule has 3 rings (SSSR count). The molecule has 0 spiro atoms. The molecule has 6 heteroatoms. The fraction of sp³-hybridized carbons (Fsp3) is 0.429. The molecule has 2 aromatic heterocycles. The van der Waals surface area contributed by atoms with Gasteiger partial charge in [-0.3, -0.25) is 9.88 Å². The van der Waals surface area contributed by atoms with Gasteiger partial charge in [-0.15, -0.1) is 11.3 Å². The first-order valence-corrected chi connectivity index (χ1v) is 8.29. The molecule has 0 bridgehead atoms. The molecule has 1 aliphatic heterocycles. The molecule has 106 valence electrons. The first-order valence-electron chi connectivity index (χ1n) is 6.68. The number of halogens is 1. The van der Waals surface area contributed by atoms with E-state index >= 15 is 0 Å². The summed E-state index contributed by atoms with van der Waals surface area (Å²) in [4.78, 5) is 11.2. The van der Waals surface area contributed by atoms with Crippen molar-refractivity contribution in [2.24, 2.45) is 0 Å². The van der Waals surface area contributed by atoms with Crippen molar-refractivity contribution in [3.63, 3.8) is 0 Å². The lowest BCUT2D eigenvalue weighted by Crippen LogP contribution is -2.37. The number of hydrogen-bond acceptors (Lipinski definition) is 5. The van der Waals surface area contributed by atoms with Gasteiger partial charge in [-0.1, -0.05) is 0 Å². The fourth-order valence-corrected chi connectivity index (χ4v) is 3.89. The van der Waals surface area contributed by atoms with Gasteiger partial charge in [-0.2, -0.15) is 0 Å². The predicted molar refractivity (Wildman–Crippen MR) is 84.0 cm³/mol. The molecule has 1 aliphatic rings. The average Bonchev–Trinajstić information content (AvgIpc) is 2.88. The molecule has 0 N–H and O–H groups in total. The number of nitrogens with zero attached hydrogens (tertiary/aromatic N) is 3. The number of rotatable bonds is 4. The fourth-order valence-electron chi connectivity index (χ4n) is 2.22. The highest BCUT2D eigenvalue weighted by molar-refractivity contribution is 9.11. The van der Waals surface area contributed by atoms with Gasteiger partial charge in [0.15, 0.2) is 0 Å². The van der Waals surface area contributed by atoms with E-state index in [0.29, 0.717) is 0 Å². The van der Waals surface area contributed by atoms with Gasteiger partial charge in [0.05, 0.1) is 27.7 Å². The van der Waals surface area contributed by atoms with Gasteiger partial charge < -0.3 is 4.74 Å². The summed E-state index contributed by atoms with van der Waals surface area (Å²) in [5, 5.41) is 1.18. The van der Waals surface area contributed by atoms with Crippen LogP contribution in [0.3, 0.4) is 0 Å². The highest BCUT2D eigenvalue weighted by Gasteiger charge is 2.14. The maximum Gasteiger partial charge on any atom is 0.0979 e. The van der Waals surface area contributed by atoms with Crippen LogP contribution < -0.4 is 0 Å². The van der Waals surface area contributed by atoms with Gasteiger partial charge in [-0.05, 0) is 28.1 Å². The van der Waals surface area contributed by atoms with Crippen LogP contribution in [-0.4, -0.2) is 47.7 Å². The minimum atomic E-state index is 0.851. The topological polar surface area (TPSA) is 38.2 Å². The van der Waals surface area contributed by atoms with E-state index < -0.39 is 0 Å². The maximum absolute atomic E-state index is 5.36. The Morgan fingerprint density at radius 2 is 2.00 bits per heavy atom. The van der Waals surface area contributed by atoms with E-state index in [-0.39, 0.29) is 0 Å². The molecule has 2 aromatic rings. The second kappa shape index (κ2) is 6.76. The van der Waals surface area contributed by atoms with Gasteiger partial charge in [-0.25, -0.2) is 4.98 Å². The number of thiazole rings is 1. The molecule has 0 unspecified atom stereocenters. The molecule has 4 nitrogen and oxygen atoms in total. The van der Waals surface area contributed by atoms with Gasteiger partial charge >= 0.3 is 0 Å². The van der Waals surface area contributed by atoms with Crippen LogP contribution in [0.4, 0.5) is 0 Å². The molecule has 1 fully saturated rings. The molecule has 0 radical (unpaired) electrons. The first kappa shape index (κ1) is 14.1. The van der Waals surface area contributed by atoms with Crippen molar-refractivity contribution >= 4 is 27.3 Å². The highest BCUT2D eigenvalue weighted by atomic mass is 79.9. The zero-order valence-electron chi connectivity index (χ0n) is 11.1. The lowest BCUT2D eigenvalue weighted by Gasteiger charge is -2.25. The van der Waals surface area contributed by atoms with Crippen molar-refractivity contribution in [1.29, 1.82) is 0 Å². The Labute approximate surface area is 130 Å². The van der Waals surface area contributed by atoms with Gasteiger partial charge in [0, 0.05) is 44.0 Å². The Kier molecular flexibility index (Phi) is 4.77. The Morgan fingerprint density at radius 1 is 1.25 bits per heavy atom. The van der Waals surface area contributed by atoms with E-state index in [1.54, 1.807) is 23.7 Å². The molecule has 0 aliphatic carbocycles. The molecule has 0 aromatic carbocycles. The van der Waals surface area contributed by atoms with Crippen molar-refractivity contribution in [3.05, 3.63) is 33.3 Å².